The van der Waals surface area contributed by atoms with Gasteiger partial charge >= 0.3 is 11.9 Å². The van der Waals surface area contributed by atoms with Crippen molar-refractivity contribution in [3.63, 3.8) is 0 Å². The minimum atomic E-state index is -1.14. The molecule has 46 heavy (non-hydrogen) atoms. The summed E-state index contributed by atoms with van der Waals surface area (Å²) in [5.74, 6) is -2.26. The predicted molar refractivity (Wildman–Crippen MR) is 180 cm³/mol. The molecule has 0 saturated heterocycles. The van der Waals surface area contributed by atoms with E-state index in [0.717, 1.165) is 37.6 Å². The fourth-order valence-corrected chi connectivity index (χ4v) is 6.34. The average Bonchev–Trinajstić information content (AvgIpc) is 3.53. The van der Waals surface area contributed by atoms with E-state index >= 15 is 0 Å². The summed E-state index contributed by atoms with van der Waals surface area (Å²) in [5.41, 5.74) is 5.39. The summed E-state index contributed by atoms with van der Waals surface area (Å²) in [5, 5.41) is 20.3. The molecule has 0 fully saturated rings. The van der Waals surface area contributed by atoms with E-state index in [-0.39, 0.29) is 22.5 Å². The van der Waals surface area contributed by atoms with Crippen LogP contribution in [0.3, 0.4) is 0 Å². The number of carbonyl (C=O) groups is 2. The van der Waals surface area contributed by atoms with Crippen molar-refractivity contribution in [3.8, 4) is 33.2 Å². The molecule has 3 aromatic carbocycles. The maximum Gasteiger partial charge on any atom is 0.335 e. The van der Waals surface area contributed by atoms with E-state index in [1.807, 2.05) is 48.5 Å². The molecule has 0 aliphatic heterocycles. The maximum atomic E-state index is 12.0. The zero-order valence-electron chi connectivity index (χ0n) is 24.1. The molecule has 8 nitrogen and oxygen atoms in total. The molecule has 0 spiro atoms. The van der Waals surface area contributed by atoms with Gasteiger partial charge in [-0.3, -0.25) is 9.97 Å². The number of hydrogen-bond donors (Lipinski definition) is 2. The fraction of sp³-hybridized carbons (Fsp3) is 0. The molecular formula is C37H24N4O4S. The Kier molecular flexibility index (Phi) is 7.49. The lowest BCUT2D eigenvalue weighted by Crippen LogP contribution is -2.09. The molecule has 0 saturated carbocycles. The number of nitrogens with zero attached hydrogens (tertiary/aromatic N) is 4. The highest BCUT2D eigenvalue weighted by atomic mass is 32.1. The van der Waals surface area contributed by atoms with Crippen LogP contribution in [0.4, 0.5) is 17.1 Å². The van der Waals surface area contributed by atoms with Crippen molar-refractivity contribution in [3.05, 3.63) is 145 Å². The molecule has 222 valence electrons. The summed E-state index contributed by atoms with van der Waals surface area (Å²) in [4.78, 5) is 40.2. The zero-order valence-corrected chi connectivity index (χ0v) is 24.9. The lowest BCUT2D eigenvalue weighted by Gasteiger charge is -2.25. The SMILES string of the molecule is O=C(O)c1ccnc(-c2cc(C(=O)O)cc(-c3cc(-c4cc5ccc(N(c6ccccc6)c6ccccc6)cc5s4)ccn3)n2)c1. The Bertz CT molecular complexity index is 2200. The predicted octanol–water partition coefficient (Wildman–Crippen LogP) is 8.95. The van der Waals surface area contributed by atoms with Gasteiger partial charge in [-0.25, -0.2) is 14.6 Å². The first-order chi connectivity index (χ1) is 22.4. The van der Waals surface area contributed by atoms with Gasteiger partial charge in [-0.05, 0) is 89.8 Å². The number of rotatable bonds is 8. The number of para-hydroxylation sites is 2. The number of aromatic nitrogens is 3. The second-order valence-corrected chi connectivity index (χ2v) is 11.5. The average molecular weight is 621 g/mol. The van der Waals surface area contributed by atoms with Crippen LogP contribution in [0, 0.1) is 0 Å². The lowest BCUT2D eigenvalue weighted by molar-refractivity contribution is 0.0686. The normalized spacial score (nSPS) is 11.0. The third-order valence-electron chi connectivity index (χ3n) is 7.44. The van der Waals surface area contributed by atoms with Gasteiger partial charge in [0.2, 0.25) is 0 Å². The minimum absolute atomic E-state index is 0.00879. The van der Waals surface area contributed by atoms with Crippen molar-refractivity contribution in [1.29, 1.82) is 0 Å². The summed E-state index contributed by atoms with van der Waals surface area (Å²) in [7, 11) is 0. The van der Waals surface area contributed by atoms with Gasteiger partial charge in [-0.1, -0.05) is 42.5 Å². The summed E-state index contributed by atoms with van der Waals surface area (Å²) < 4.78 is 1.11. The number of thiophene rings is 1. The van der Waals surface area contributed by atoms with E-state index < -0.39 is 11.9 Å². The Hall–Kier alpha value is -6.19. The standard InChI is InChI=1S/C37H24N4O4S/c42-36(43)25-14-16-39-31(18-25)33-20-26(37(44)45)19-32(40-33)30-17-24(13-15-38-30)34-21-23-11-12-29(22-35(23)46-34)41(27-7-3-1-4-8-27)28-9-5-2-6-10-28/h1-22H,(H,42,43)(H,44,45). The van der Waals surface area contributed by atoms with E-state index in [2.05, 4.69) is 68.4 Å². The summed E-state index contributed by atoms with van der Waals surface area (Å²) in [6.07, 6.45) is 3.03. The van der Waals surface area contributed by atoms with Crippen molar-refractivity contribution < 1.29 is 19.8 Å². The molecule has 2 N–H and O–H groups in total. The van der Waals surface area contributed by atoms with Gasteiger partial charge in [0.15, 0.2) is 0 Å². The second-order valence-electron chi connectivity index (χ2n) is 10.4. The van der Waals surface area contributed by atoms with Gasteiger partial charge < -0.3 is 15.1 Å². The number of carboxylic acids is 2. The summed E-state index contributed by atoms with van der Waals surface area (Å²) >= 11 is 1.65. The van der Waals surface area contributed by atoms with Gasteiger partial charge in [-0.2, -0.15) is 0 Å². The van der Waals surface area contributed by atoms with E-state index in [4.69, 9.17) is 0 Å². The fourth-order valence-electron chi connectivity index (χ4n) is 5.25. The molecular weight excluding hydrogens is 596 g/mol. The highest BCUT2D eigenvalue weighted by Crippen LogP contribution is 2.40. The molecule has 4 aromatic heterocycles. The van der Waals surface area contributed by atoms with Crippen LogP contribution in [0.2, 0.25) is 0 Å². The smallest absolute Gasteiger partial charge is 0.335 e. The quantitative estimate of drug-likeness (QED) is 0.173. The first-order valence-electron chi connectivity index (χ1n) is 14.3. The Balaban J connectivity index is 1.27. The molecule has 4 heterocycles. The molecule has 0 aliphatic rings. The topological polar surface area (TPSA) is 117 Å². The van der Waals surface area contributed by atoms with E-state index in [1.54, 1.807) is 17.5 Å². The van der Waals surface area contributed by atoms with Crippen LogP contribution in [-0.4, -0.2) is 37.1 Å². The van der Waals surface area contributed by atoms with E-state index in [9.17, 15) is 19.8 Å². The molecule has 9 heteroatoms. The number of aromatic carboxylic acids is 2. The number of benzene rings is 3. The molecule has 0 bridgehead atoms. The molecule has 7 rings (SSSR count). The second kappa shape index (κ2) is 12.1. The lowest BCUT2D eigenvalue weighted by atomic mass is 10.1. The van der Waals surface area contributed by atoms with Gasteiger partial charge in [0, 0.05) is 39.0 Å². The Morgan fingerprint density at radius 3 is 1.78 bits per heavy atom. The van der Waals surface area contributed by atoms with Gasteiger partial charge in [0.25, 0.3) is 0 Å². The summed E-state index contributed by atoms with van der Waals surface area (Å²) in [6.45, 7) is 0. The largest absolute Gasteiger partial charge is 0.478 e. The van der Waals surface area contributed by atoms with Gasteiger partial charge in [0.1, 0.15) is 0 Å². The third kappa shape index (κ3) is 5.70. The molecule has 0 aliphatic carbocycles. The Morgan fingerprint density at radius 2 is 1.15 bits per heavy atom. The highest BCUT2D eigenvalue weighted by Gasteiger charge is 2.17. The van der Waals surface area contributed by atoms with Crippen molar-refractivity contribution in [2.45, 2.75) is 0 Å². The number of fused-ring (bicyclic) bond motifs is 1. The molecule has 0 unspecified atom stereocenters. The van der Waals surface area contributed by atoms with Crippen molar-refractivity contribution in [2.24, 2.45) is 0 Å². The van der Waals surface area contributed by atoms with Crippen LogP contribution in [0.25, 0.3) is 43.3 Å². The van der Waals surface area contributed by atoms with Crippen LogP contribution in [-0.2, 0) is 0 Å². The molecule has 7 aromatic rings. The maximum absolute atomic E-state index is 12.0. The first-order valence-corrected chi connectivity index (χ1v) is 15.1. The van der Waals surface area contributed by atoms with Crippen LogP contribution in [0.5, 0.6) is 0 Å². The third-order valence-corrected chi connectivity index (χ3v) is 8.59. The van der Waals surface area contributed by atoms with Crippen molar-refractivity contribution >= 4 is 50.4 Å². The first kappa shape index (κ1) is 28.6. The van der Waals surface area contributed by atoms with Crippen molar-refractivity contribution in [2.75, 3.05) is 4.90 Å². The van der Waals surface area contributed by atoms with Gasteiger partial charge in [-0.15, -0.1) is 11.3 Å². The molecule has 0 atom stereocenters. The van der Waals surface area contributed by atoms with Crippen molar-refractivity contribution in [1.82, 2.24) is 15.0 Å². The molecule has 0 radical (unpaired) electrons. The van der Waals surface area contributed by atoms with E-state index in [0.29, 0.717) is 11.4 Å². The van der Waals surface area contributed by atoms with Gasteiger partial charge in [0.05, 0.1) is 33.9 Å². The van der Waals surface area contributed by atoms with Crippen LogP contribution < -0.4 is 4.90 Å². The number of pyridine rings is 3. The molecule has 0 amide bonds. The van der Waals surface area contributed by atoms with Crippen LogP contribution >= 0.6 is 11.3 Å². The monoisotopic (exact) mass is 620 g/mol. The summed E-state index contributed by atoms with van der Waals surface area (Å²) in [6, 6.07) is 38.4. The van der Waals surface area contributed by atoms with Crippen LogP contribution in [0.1, 0.15) is 20.7 Å². The minimum Gasteiger partial charge on any atom is -0.478 e. The number of anilines is 3. The zero-order chi connectivity index (χ0) is 31.6. The van der Waals surface area contributed by atoms with E-state index in [1.165, 1.54) is 30.5 Å². The Morgan fingerprint density at radius 1 is 0.565 bits per heavy atom. The highest BCUT2D eigenvalue weighted by molar-refractivity contribution is 7.22. The number of carboxylic acid groups (broad SMARTS) is 2. The number of hydrogen-bond acceptors (Lipinski definition) is 7. The Labute approximate surface area is 267 Å². The van der Waals surface area contributed by atoms with Crippen LogP contribution in [0.15, 0.2) is 134 Å².